The van der Waals surface area contributed by atoms with Gasteiger partial charge in [-0.3, -0.25) is 0 Å². The van der Waals surface area contributed by atoms with Gasteiger partial charge >= 0.3 is 0 Å². The Labute approximate surface area is 113 Å². The van der Waals surface area contributed by atoms with Crippen molar-refractivity contribution < 1.29 is 0 Å². The highest BCUT2D eigenvalue weighted by Gasteiger charge is 2.21. The number of aryl methyl sites for hydroxylation is 2. The number of nitrogens with zero attached hydrogens (tertiary/aromatic N) is 4. The van der Waals surface area contributed by atoms with Crippen LogP contribution in [0.25, 0.3) is 11.2 Å². The van der Waals surface area contributed by atoms with Crippen molar-refractivity contribution in [2.24, 2.45) is 5.41 Å². The lowest BCUT2D eigenvalue weighted by molar-refractivity contribution is 0.341. The molecule has 2 rings (SSSR count). The summed E-state index contributed by atoms with van der Waals surface area (Å²) in [4.78, 5) is 4.63. The van der Waals surface area contributed by atoms with Crippen molar-refractivity contribution in [2.75, 3.05) is 0 Å². The lowest BCUT2D eigenvalue weighted by Crippen LogP contribution is -2.18. The fraction of sp³-hybridized carbons (Fsp3) is 0.692. The van der Waals surface area contributed by atoms with Crippen molar-refractivity contribution in [3.63, 3.8) is 0 Å². The third-order valence-electron chi connectivity index (χ3n) is 2.93. The topological polar surface area (TPSA) is 35.6 Å². The van der Waals surface area contributed by atoms with E-state index in [4.69, 9.17) is 11.6 Å². The van der Waals surface area contributed by atoms with E-state index in [2.05, 4.69) is 42.3 Å². The van der Waals surface area contributed by atoms with Gasteiger partial charge < -0.3 is 4.57 Å². The fourth-order valence-electron chi connectivity index (χ4n) is 2.23. The number of aromatic nitrogens is 4. The Balaban J connectivity index is 2.67. The second-order valence-electron chi connectivity index (χ2n) is 5.88. The SMILES string of the molecule is CCn1nc(C)c2nc(CCl)n(CC(C)(C)C)c21. The molecule has 2 heterocycles. The molecule has 0 radical (unpaired) electrons. The average Bonchev–Trinajstić information content (AvgIpc) is 2.76. The van der Waals surface area contributed by atoms with Crippen molar-refractivity contribution in [3.8, 4) is 0 Å². The van der Waals surface area contributed by atoms with E-state index in [0.717, 1.165) is 35.8 Å². The normalized spacial score (nSPS) is 12.6. The summed E-state index contributed by atoms with van der Waals surface area (Å²) in [5, 5.41) is 4.52. The molecule has 0 saturated heterocycles. The van der Waals surface area contributed by atoms with Crippen molar-refractivity contribution in [3.05, 3.63) is 11.5 Å². The van der Waals surface area contributed by atoms with E-state index >= 15 is 0 Å². The number of imidazole rings is 1. The zero-order chi connectivity index (χ0) is 13.5. The highest BCUT2D eigenvalue weighted by molar-refractivity contribution is 6.16. The number of halogens is 1. The Morgan fingerprint density at radius 2 is 1.94 bits per heavy atom. The van der Waals surface area contributed by atoms with Crippen LogP contribution in [0, 0.1) is 12.3 Å². The van der Waals surface area contributed by atoms with Crippen LogP contribution in [-0.4, -0.2) is 19.3 Å². The summed E-state index contributed by atoms with van der Waals surface area (Å²) in [6, 6.07) is 0. The molecule has 18 heavy (non-hydrogen) atoms. The molecule has 0 fully saturated rings. The molecule has 0 spiro atoms. The summed E-state index contributed by atoms with van der Waals surface area (Å²) in [7, 11) is 0. The molecule has 0 aliphatic rings. The standard InChI is InChI=1S/C13H21ClN4/c1-6-18-12-11(9(2)16-18)15-10(7-14)17(12)8-13(3,4)5/h6-8H2,1-5H3. The Morgan fingerprint density at radius 3 is 2.44 bits per heavy atom. The molecule has 0 bridgehead atoms. The van der Waals surface area contributed by atoms with Crippen LogP contribution in [0.1, 0.15) is 39.2 Å². The molecule has 0 aliphatic heterocycles. The van der Waals surface area contributed by atoms with Crippen molar-refractivity contribution in [2.45, 2.75) is 53.6 Å². The number of hydrogen-bond donors (Lipinski definition) is 0. The first kappa shape index (κ1) is 13.4. The zero-order valence-electron chi connectivity index (χ0n) is 11.8. The van der Waals surface area contributed by atoms with E-state index in [1.165, 1.54) is 0 Å². The maximum atomic E-state index is 6.02. The van der Waals surface area contributed by atoms with Gasteiger partial charge in [0.2, 0.25) is 0 Å². The molecular formula is C13H21ClN4. The van der Waals surface area contributed by atoms with Gasteiger partial charge in [-0.25, -0.2) is 9.67 Å². The van der Waals surface area contributed by atoms with E-state index in [1.807, 2.05) is 11.6 Å². The van der Waals surface area contributed by atoms with Gasteiger partial charge in [-0.1, -0.05) is 20.8 Å². The molecular weight excluding hydrogens is 248 g/mol. The quantitative estimate of drug-likeness (QED) is 0.801. The lowest BCUT2D eigenvalue weighted by Gasteiger charge is -2.21. The highest BCUT2D eigenvalue weighted by atomic mass is 35.5. The Morgan fingerprint density at radius 1 is 1.28 bits per heavy atom. The van der Waals surface area contributed by atoms with Crippen LogP contribution >= 0.6 is 11.6 Å². The van der Waals surface area contributed by atoms with E-state index < -0.39 is 0 Å². The third-order valence-corrected chi connectivity index (χ3v) is 3.17. The summed E-state index contributed by atoms with van der Waals surface area (Å²) in [6.45, 7) is 12.5. The second-order valence-corrected chi connectivity index (χ2v) is 6.15. The predicted molar refractivity (Wildman–Crippen MR) is 74.9 cm³/mol. The summed E-state index contributed by atoms with van der Waals surface area (Å²) in [5.41, 5.74) is 3.24. The van der Waals surface area contributed by atoms with Crippen molar-refractivity contribution in [1.29, 1.82) is 0 Å². The van der Waals surface area contributed by atoms with Gasteiger partial charge in [-0.15, -0.1) is 11.6 Å². The molecule has 0 amide bonds. The molecule has 0 aliphatic carbocycles. The average molecular weight is 269 g/mol. The number of hydrogen-bond acceptors (Lipinski definition) is 2. The van der Waals surface area contributed by atoms with Crippen LogP contribution in [-0.2, 0) is 19.0 Å². The van der Waals surface area contributed by atoms with E-state index in [1.54, 1.807) is 0 Å². The minimum absolute atomic E-state index is 0.186. The molecule has 0 atom stereocenters. The van der Waals surface area contributed by atoms with Crippen LogP contribution in [0.2, 0.25) is 0 Å². The molecule has 0 N–H and O–H groups in total. The van der Waals surface area contributed by atoms with Crippen LogP contribution in [0.5, 0.6) is 0 Å². The maximum absolute atomic E-state index is 6.02. The van der Waals surface area contributed by atoms with Gasteiger partial charge in [-0.05, 0) is 19.3 Å². The first-order chi connectivity index (χ1) is 8.37. The largest absolute Gasteiger partial charge is 0.311 e. The summed E-state index contributed by atoms with van der Waals surface area (Å²) >= 11 is 6.02. The maximum Gasteiger partial charge on any atom is 0.158 e. The van der Waals surface area contributed by atoms with Gasteiger partial charge in [0.15, 0.2) is 5.65 Å². The minimum atomic E-state index is 0.186. The number of rotatable bonds is 3. The van der Waals surface area contributed by atoms with Crippen molar-refractivity contribution in [1.82, 2.24) is 19.3 Å². The van der Waals surface area contributed by atoms with E-state index in [9.17, 15) is 0 Å². The van der Waals surface area contributed by atoms with Crippen molar-refractivity contribution >= 4 is 22.8 Å². The van der Waals surface area contributed by atoms with Crippen LogP contribution in [0.4, 0.5) is 0 Å². The minimum Gasteiger partial charge on any atom is -0.311 e. The summed E-state index contributed by atoms with van der Waals surface area (Å²) in [5.74, 6) is 1.37. The van der Waals surface area contributed by atoms with E-state index in [0.29, 0.717) is 5.88 Å². The van der Waals surface area contributed by atoms with Gasteiger partial charge in [-0.2, -0.15) is 5.10 Å². The third kappa shape index (κ3) is 2.26. The molecule has 4 nitrogen and oxygen atoms in total. The molecule has 0 unspecified atom stereocenters. The molecule has 100 valence electrons. The van der Waals surface area contributed by atoms with Crippen LogP contribution in [0.15, 0.2) is 0 Å². The molecule has 2 aromatic heterocycles. The van der Waals surface area contributed by atoms with Gasteiger partial charge in [0.25, 0.3) is 0 Å². The van der Waals surface area contributed by atoms with Crippen LogP contribution in [0.3, 0.4) is 0 Å². The second kappa shape index (κ2) is 4.57. The van der Waals surface area contributed by atoms with Gasteiger partial charge in [0, 0.05) is 13.1 Å². The molecule has 0 aromatic carbocycles. The monoisotopic (exact) mass is 268 g/mol. The first-order valence-corrected chi connectivity index (χ1v) is 6.89. The number of alkyl halides is 1. The van der Waals surface area contributed by atoms with E-state index in [-0.39, 0.29) is 5.41 Å². The first-order valence-electron chi connectivity index (χ1n) is 6.36. The Bertz CT molecular complexity index is 560. The van der Waals surface area contributed by atoms with Gasteiger partial charge in [0.1, 0.15) is 11.3 Å². The summed E-state index contributed by atoms with van der Waals surface area (Å²) < 4.78 is 4.23. The Hall–Kier alpha value is -1.03. The van der Waals surface area contributed by atoms with Gasteiger partial charge in [0.05, 0.1) is 11.6 Å². The smallest absolute Gasteiger partial charge is 0.158 e. The summed E-state index contributed by atoms with van der Waals surface area (Å²) in [6.07, 6.45) is 0. The molecule has 0 saturated carbocycles. The fourth-order valence-corrected chi connectivity index (χ4v) is 2.44. The lowest BCUT2D eigenvalue weighted by atomic mass is 9.97. The molecule has 5 heteroatoms. The number of fused-ring (bicyclic) bond motifs is 1. The highest BCUT2D eigenvalue weighted by Crippen LogP contribution is 2.25. The van der Waals surface area contributed by atoms with Crippen LogP contribution < -0.4 is 0 Å². The molecule has 2 aromatic rings. The zero-order valence-corrected chi connectivity index (χ0v) is 12.5. The Kier molecular flexibility index (Phi) is 3.41. The predicted octanol–water partition coefficient (Wildman–Crippen LogP) is 3.35.